The Hall–Kier alpha value is -1.05. The summed E-state index contributed by atoms with van der Waals surface area (Å²) in [6.07, 6.45) is 1.26. The highest BCUT2D eigenvalue weighted by molar-refractivity contribution is 8.00. The predicted octanol–water partition coefficient (Wildman–Crippen LogP) is -0.286. The molecule has 3 N–H and O–H groups in total. The molecule has 1 aromatic heterocycles. The summed E-state index contributed by atoms with van der Waals surface area (Å²) in [5, 5.41) is 8.93. The van der Waals surface area contributed by atoms with Crippen molar-refractivity contribution in [2.45, 2.75) is 18.6 Å². The number of anilines is 1. The van der Waals surface area contributed by atoms with Crippen molar-refractivity contribution >= 4 is 17.6 Å². The van der Waals surface area contributed by atoms with E-state index >= 15 is 0 Å². The lowest BCUT2D eigenvalue weighted by molar-refractivity contribution is -0.00637. The van der Waals surface area contributed by atoms with Gasteiger partial charge in [0.1, 0.15) is 17.5 Å². The number of ether oxygens (including phenoxy) is 1. The fourth-order valence-electron chi connectivity index (χ4n) is 1.47. The van der Waals surface area contributed by atoms with E-state index in [1.54, 1.807) is 13.1 Å². The predicted molar refractivity (Wildman–Crippen MR) is 61.1 cm³/mol. The number of hydrogen-bond donors (Lipinski definition) is 2. The Balaban J connectivity index is 2.28. The van der Waals surface area contributed by atoms with Gasteiger partial charge in [0.25, 0.3) is 0 Å². The molecule has 0 amide bonds. The molecule has 88 valence electrons. The quantitative estimate of drug-likeness (QED) is 0.742. The molecule has 1 aliphatic rings. The second-order valence-electron chi connectivity index (χ2n) is 3.54. The summed E-state index contributed by atoms with van der Waals surface area (Å²) in [5.41, 5.74) is 5.58. The maximum atomic E-state index is 11.6. The van der Waals surface area contributed by atoms with Gasteiger partial charge in [0.05, 0.1) is 6.61 Å². The van der Waals surface area contributed by atoms with Gasteiger partial charge in [0.15, 0.2) is 0 Å². The van der Waals surface area contributed by atoms with Crippen molar-refractivity contribution in [1.82, 2.24) is 9.55 Å². The van der Waals surface area contributed by atoms with Crippen LogP contribution in [0.25, 0.3) is 0 Å². The molecule has 1 aromatic rings. The van der Waals surface area contributed by atoms with E-state index in [4.69, 9.17) is 15.6 Å². The minimum Gasteiger partial charge on any atom is -0.393 e. The summed E-state index contributed by atoms with van der Waals surface area (Å²) in [7, 11) is 0. The van der Waals surface area contributed by atoms with Crippen LogP contribution in [-0.2, 0) is 4.74 Å². The molecule has 0 spiro atoms. The number of aryl methyl sites for hydroxylation is 1. The SMILES string of the molecule is Cc1cn([C@@H]2CS[C@H](CO)O2)c(=O)nc1N. The van der Waals surface area contributed by atoms with Crippen LogP contribution in [0.3, 0.4) is 0 Å². The number of hydrogen-bond acceptors (Lipinski definition) is 6. The second-order valence-corrected chi connectivity index (χ2v) is 4.73. The third-order valence-electron chi connectivity index (χ3n) is 2.37. The van der Waals surface area contributed by atoms with Crippen molar-refractivity contribution in [3.63, 3.8) is 0 Å². The standard InChI is InChI=1S/C9H13N3O3S/c1-5-2-12(9(14)11-8(5)10)6-4-16-7(3-13)15-6/h2,6-7,13H,3-4H2,1H3,(H2,10,11,14)/t6-,7+/m0/s1. The molecule has 0 radical (unpaired) electrons. The van der Waals surface area contributed by atoms with Gasteiger partial charge in [-0.2, -0.15) is 4.98 Å². The summed E-state index contributed by atoms with van der Waals surface area (Å²) in [6, 6.07) is 0. The minimum atomic E-state index is -0.424. The molecule has 1 saturated heterocycles. The number of aliphatic hydroxyl groups excluding tert-OH is 1. The maximum absolute atomic E-state index is 11.6. The molecule has 7 heteroatoms. The van der Waals surface area contributed by atoms with Crippen molar-refractivity contribution < 1.29 is 9.84 Å². The maximum Gasteiger partial charge on any atom is 0.351 e. The van der Waals surface area contributed by atoms with E-state index in [1.165, 1.54) is 16.3 Å². The number of nitrogen functional groups attached to an aromatic ring is 1. The molecule has 2 heterocycles. The minimum absolute atomic E-state index is 0.0582. The molecule has 0 aromatic carbocycles. The largest absolute Gasteiger partial charge is 0.393 e. The van der Waals surface area contributed by atoms with Crippen LogP contribution < -0.4 is 11.4 Å². The van der Waals surface area contributed by atoms with Crippen LogP contribution in [0.2, 0.25) is 0 Å². The van der Waals surface area contributed by atoms with E-state index < -0.39 is 5.69 Å². The first-order valence-electron chi connectivity index (χ1n) is 4.85. The Kier molecular flexibility index (Phi) is 3.17. The van der Waals surface area contributed by atoms with Crippen LogP contribution in [0.15, 0.2) is 11.0 Å². The fraction of sp³-hybridized carbons (Fsp3) is 0.556. The van der Waals surface area contributed by atoms with Crippen molar-refractivity contribution in [1.29, 1.82) is 0 Å². The van der Waals surface area contributed by atoms with E-state index in [0.717, 1.165) is 5.56 Å². The van der Waals surface area contributed by atoms with Crippen molar-refractivity contribution in [2.75, 3.05) is 18.1 Å². The summed E-state index contributed by atoms with van der Waals surface area (Å²) >= 11 is 1.47. The van der Waals surface area contributed by atoms with Crippen LogP contribution in [0, 0.1) is 6.92 Å². The lowest BCUT2D eigenvalue weighted by atomic mass is 10.3. The van der Waals surface area contributed by atoms with E-state index in [-0.39, 0.29) is 24.1 Å². The van der Waals surface area contributed by atoms with Gasteiger partial charge in [-0.15, -0.1) is 11.8 Å². The third kappa shape index (κ3) is 2.06. The summed E-state index contributed by atoms with van der Waals surface area (Å²) in [6.45, 7) is 1.72. The second kappa shape index (κ2) is 4.44. The average Bonchev–Trinajstić information content (AvgIpc) is 2.71. The van der Waals surface area contributed by atoms with Crippen LogP contribution in [0.4, 0.5) is 5.82 Å². The zero-order valence-electron chi connectivity index (χ0n) is 8.79. The Bertz CT molecular complexity index is 448. The number of rotatable bonds is 2. The smallest absolute Gasteiger partial charge is 0.351 e. The number of aliphatic hydroxyl groups is 1. The van der Waals surface area contributed by atoms with Gasteiger partial charge in [-0.05, 0) is 6.92 Å². The topological polar surface area (TPSA) is 90.4 Å². The first kappa shape index (κ1) is 11.4. The van der Waals surface area contributed by atoms with Gasteiger partial charge >= 0.3 is 5.69 Å². The molecule has 16 heavy (non-hydrogen) atoms. The summed E-state index contributed by atoms with van der Waals surface area (Å²) < 4.78 is 6.88. The zero-order valence-corrected chi connectivity index (χ0v) is 9.61. The molecule has 1 fully saturated rings. The summed E-state index contributed by atoms with van der Waals surface area (Å²) in [4.78, 5) is 15.3. The Labute approximate surface area is 96.4 Å². The highest BCUT2D eigenvalue weighted by Gasteiger charge is 2.27. The molecule has 2 atom stereocenters. The van der Waals surface area contributed by atoms with Gasteiger partial charge < -0.3 is 15.6 Å². The fourth-order valence-corrected chi connectivity index (χ4v) is 2.40. The van der Waals surface area contributed by atoms with E-state index in [2.05, 4.69) is 4.98 Å². The van der Waals surface area contributed by atoms with Crippen molar-refractivity contribution in [3.8, 4) is 0 Å². The molecule has 0 saturated carbocycles. The van der Waals surface area contributed by atoms with Gasteiger partial charge in [-0.3, -0.25) is 4.57 Å². The number of nitrogens with two attached hydrogens (primary N) is 1. The van der Waals surface area contributed by atoms with Gasteiger partial charge in [0.2, 0.25) is 0 Å². The van der Waals surface area contributed by atoms with Crippen LogP contribution in [-0.4, -0.2) is 32.5 Å². The van der Waals surface area contributed by atoms with Gasteiger partial charge in [-0.1, -0.05) is 0 Å². The Morgan fingerprint density at radius 1 is 1.81 bits per heavy atom. The average molecular weight is 243 g/mol. The Morgan fingerprint density at radius 3 is 3.19 bits per heavy atom. The van der Waals surface area contributed by atoms with Gasteiger partial charge in [-0.25, -0.2) is 4.79 Å². The van der Waals surface area contributed by atoms with Crippen molar-refractivity contribution in [2.24, 2.45) is 0 Å². The number of nitrogens with zero attached hydrogens (tertiary/aromatic N) is 2. The normalized spacial score (nSPS) is 24.9. The molecule has 2 rings (SSSR count). The van der Waals surface area contributed by atoms with Crippen LogP contribution in [0.1, 0.15) is 11.8 Å². The van der Waals surface area contributed by atoms with E-state index in [1.807, 2.05) is 0 Å². The van der Waals surface area contributed by atoms with Crippen LogP contribution in [0.5, 0.6) is 0 Å². The third-order valence-corrected chi connectivity index (χ3v) is 3.48. The van der Waals surface area contributed by atoms with Gasteiger partial charge in [0, 0.05) is 17.5 Å². The monoisotopic (exact) mass is 243 g/mol. The number of aromatic nitrogens is 2. The van der Waals surface area contributed by atoms with E-state index in [0.29, 0.717) is 5.75 Å². The lowest BCUT2D eigenvalue weighted by Crippen LogP contribution is -2.29. The molecule has 1 aliphatic heterocycles. The highest BCUT2D eigenvalue weighted by atomic mass is 32.2. The van der Waals surface area contributed by atoms with Crippen molar-refractivity contribution in [3.05, 3.63) is 22.2 Å². The summed E-state index contributed by atoms with van der Waals surface area (Å²) in [5.74, 6) is 0.863. The zero-order chi connectivity index (χ0) is 11.7. The molecule has 0 unspecified atom stereocenters. The first-order chi connectivity index (χ1) is 7.61. The van der Waals surface area contributed by atoms with E-state index in [9.17, 15) is 4.79 Å². The Morgan fingerprint density at radius 2 is 2.56 bits per heavy atom. The number of thioether (sulfide) groups is 1. The first-order valence-corrected chi connectivity index (χ1v) is 5.90. The molecule has 0 bridgehead atoms. The molecule has 6 nitrogen and oxygen atoms in total. The van der Waals surface area contributed by atoms with Crippen LogP contribution >= 0.6 is 11.8 Å². The molecular formula is C9H13N3O3S. The molecular weight excluding hydrogens is 230 g/mol. The molecule has 0 aliphatic carbocycles. The lowest BCUT2D eigenvalue weighted by Gasteiger charge is -2.14. The highest BCUT2D eigenvalue weighted by Crippen LogP contribution is 2.30.